The van der Waals surface area contributed by atoms with Crippen LogP contribution in [-0.4, -0.2) is 51.2 Å². The van der Waals surface area contributed by atoms with Crippen molar-refractivity contribution < 1.29 is 19.4 Å². The van der Waals surface area contributed by atoms with Gasteiger partial charge < -0.3 is 15.2 Å². The molecule has 1 aromatic rings. The van der Waals surface area contributed by atoms with Crippen molar-refractivity contribution in [1.29, 1.82) is 0 Å². The zero-order valence-electron chi connectivity index (χ0n) is 9.70. The number of carboxylic acid groups (broad SMARTS) is 1. The van der Waals surface area contributed by atoms with Crippen LogP contribution in [0.25, 0.3) is 0 Å². The third-order valence-corrected chi connectivity index (χ3v) is 2.59. The lowest BCUT2D eigenvalue weighted by Crippen LogP contribution is -2.42. The Hall–Kier alpha value is -1.96. The summed E-state index contributed by atoms with van der Waals surface area (Å²) in [5.74, 6) is -1.39. The molecule has 8 heteroatoms. The predicted octanol–water partition coefficient (Wildman–Crippen LogP) is -0.728. The Bertz CT molecular complexity index is 439. The third-order valence-electron chi connectivity index (χ3n) is 2.59. The quantitative estimate of drug-likeness (QED) is 0.733. The molecule has 2 heterocycles. The normalized spacial score (nSPS) is 19.4. The van der Waals surface area contributed by atoms with Crippen LogP contribution in [0.15, 0.2) is 6.20 Å². The fourth-order valence-corrected chi connectivity index (χ4v) is 1.75. The second kappa shape index (κ2) is 5.58. The molecular formula is C10H14N4O4. The molecule has 1 unspecified atom stereocenters. The van der Waals surface area contributed by atoms with Gasteiger partial charge in [0, 0.05) is 6.61 Å². The highest BCUT2D eigenvalue weighted by molar-refractivity contribution is 5.84. The van der Waals surface area contributed by atoms with E-state index < -0.39 is 5.97 Å². The molecule has 18 heavy (non-hydrogen) atoms. The van der Waals surface area contributed by atoms with Crippen LogP contribution in [0.1, 0.15) is 23.3 Å². The van der Waals surface area contributed by atoms with Crippen LogP contribution in [0, 0.1) is 0 Å². The minimum Gasteiger partial charge on any atom is -0.476 e. The van der Waals surface area contributed by atoms with Gasteiger partial charge in [0.25, 0.3) is 0 Å². The number of hydrogen-bond acceptors (Lipinski definition) is 5. The van der Waals surface area contributed by atoms with E-state index in [-0.39, 0.29) is 24.2 Å². The Labute approximate surface area is 103 Å². The average Bonchev–Trinajstić information content (AvgIpc) is 2.78. The minimum absolute atomic E-state index is 0.0220. The van der Waals surface area contributed by atoms with E-state index in [9.17, 15) is 9.59 Å². The first-order chi connectivity index (χ1) is 8.65. The number of aromatic carboxylic acids is 1. The number of nitrogens with zero attached hydrogens (tertiary/aromatic N) is 3. The lowest BCUT2D eigenvalue weighted by molar-refractivity contribution is -0.123. The summed E-state index contributed by atoms with van der Waals surface area (Å²) in [7, 11) is 0. The highest BCUT2D eigenvalue weighted by Gasteiger charge is 2.17. The van der Waals surface area contributed by atoms with Crippen molar-refractivity contribution in [2.45, 2.75) is 25.4 Å². The van der Waals surface area contributed by atoms with Crippen molar-refractivity contribution in [2.24, 2.45) is 0 Å². The van der Waals surface area contributed by atoms with E-state index in [1.165, 1.54) is 10.9 Å². The van der Waals surface area contributed by atoms with Gasteiger partial charge in [-0.2, -0.15) is 0 Å². The number of amides is 1. The van der Waals surface area contributed by atoms with Gasteiger partial charge in [0.15, 0.2) is 5.69 Å². The number of rotatable bonds is 4. The van der Waals surface area contributed by atoms with E-state index >= 15 is 0 Å². The minimum atomic E-state index is -1.16. The summed E-state index contributed by atoms with van der Waals surface area (Å²) in [6.07, 6.45) is 3.04. The highest BCUT2D eigenvalue weighted by atomic mass is 16.5. The molecule has 1 aliphatic heterocycles. The van der Waals surface area contributed by atoms with Gasteiger partial charge in [-0.1, -0.05) is 5.21 Å². The summed E-state index contributed by atoms with van der Waals surface area (Å²) >= 11 is 0. The largest absolute Gasteiger partial charge is 0.476 e. The summed E-state index contributed by atoms with van der Waals surface area (Å²) in [4.78, 5) is 22.2. The van der Waals surface area contributed by atoms with Crippen LogP contribution < -0.4 is 5.32 Å². The molecule has 1 fully saturated rings. The first-order valence-corrected chi connectivity index (χ1v) is 5.65. The van der Waals surface area contributed by atoms with Gasteiger partial charge in [0.1, 0.15) is 6.54 Å². The van der Waals surface area contributed by atoms with Crippen LogP contribution in [-0.2, 0) is 16.1 Å². The number of ether oxygens (including phenoxy) is 1. The molecule has 8 nitrogen and oxygen atoms in total. The molecule has 2 rings (SSSR count). The Morgan fingerprint density at radius 2 is 2.44 bits per heavy atom. The van der Waals surface area contributed by atoms with Crippen LogP contribution in [0.4, 0.5) is 0 Å². The summed E-state index contributed by atoms with van der Waals surface area (Å²) in [6.45, 7) is 1.21. The molecule has 1 atom stereocenters. The molecule has 0 spiro atoms. The van der Waals surface area contributed by atoms with E-state index in [0.29, 0.717) is 6.61 Å². The van der Waals surface area contributed by atoms with Crippen molar-refractivity contribution in [1.82, 2.24) is 20.3 Å². The van der Waals surface area contributed by atoms with Gasteiger partial charge in [-0.05, 0) is 12.8 Å². The molecule has 1 aromatic heterocycles. The zero-order chi connectivity index (χ0) is 13.0. The molecule has 1 saturated heterocycles. The highest BCUT2D eigenvalue weighted by Crippen LogP contribution is 2.05. The molecule has 98 valence electrons. The second-order valence-electron chi connectivity index (χ2n) is 4.09. The van der Waals surface area contributed by atoms with Crippen molar-refractivity contribution >= 4 is 11.9 Å². The molecule has 0 radical (unpaired) electrons. The molecule has 2 N–H and O–H groups in total. The van der Waals surface area contributed by atoms with Crippen LogP contribution in [0.5, 0.6) is 0 Å². The van der Waals surface area contributed by atoms with Gasteiger partial charge in [-0.3, -0.25) is 4.79 Å². The lowest BCUT2D eigenvalue weighted by Gasteiger charge is -2.22. The summed E-state index contributed by atoms with van der Waals surface area (Å²) in [5, 5.41) is 18.5. The summed E-state index contributed by atoms with van der Waals surface area (Å²) < 4.78 is 6.44. The van der Waals surface area contributed by atoms with Gasteiger partial charge in [-0.25, -0.2) is 9.48 Å². The molecule has 1 amide bonds. The first-order valence-electron chi connectivity index (χ1n) is 5.65. The van der Waals surface area contributed by atoms with E-state index in [1.807, 2.05) is 0 Å². The molecule has 0 aliphatic carbocycles. The average molecular weight is 254 g/mol. The van der Waals surface area contributed by atoms with Crippen molar-refractivity contribution in [3.63, 3.8) is 0 Å². The standard InChI is InChI=1S/C10H14N4O4/c15-9(11-7-2-1-3-18-6-7)5-14-4-8(10(16)17)12-13-14/h4,7H,1-3,5-6H2,(H,11,15)(H,16,17). The van der Waals surface area contributed by atoms with Gasteiger partial charge in [0.2, 0.25) is 5.91 Å². The van der Waals surface area contributed by atoms with Gasteiger partial charge >= 0.3 is 5.97 Å². The van der Waals surface area contributed by atoms with E-state index in [1.54, 1.807) is 0 Å². The smallest absolute Gasteiger partial charge is 0.358 e. The fraction of sp³-hybridized carbons (Fsp3) is 0.600. The van der Waals surface area contributed by atoms with Crippen LogP contribution in [0.3, 0.4) is 0 Å². The van der Waals surface area contributed by atoms with Gasteiger partial charge in [-0.15, -0.1) is 5.10 Å². The molecule has 1 aliphatic rings. The van der Waals surface area contributed by atoms with Crippen molar-refractivity contribution in [2.75, 3.05) is 13.2 Å². The maximum Gasteiger partial charge on any atom is 0.358 e. The number of nitrogens with one attached hydrogen (secondary N) is 1. The van der Waals surface area contributed by atoms with Gasteiger partial charge in [0.05, 0.1) is 18.8 Å². The maximum atomic E-state index is 11.7. The Morgan fingerprint density at radius 1 is 1.61 bits per heavy atom. The number of hydrogen-bond donors (Lipinski definition) is 2. The first kappa shape index (κ1) is 12.5. The van der Waals surface area contributed by atoms with E-state index in [4.69, 9.17) is 9.84 Å². The second-order valence-corrected chi connectivity index (χ2v) is 4.09. The molecular weight excluding hydrogens is 240 g/mol. The number of carboxylic acids is 1. The Balaban J connectivity index is 1.84. The van der Waals surface area contributed by atoms with Crippen LogP contribution >= 0.6 is 0 Å². The van der Waals surface area contributed by atoms with E-state index in [2.05, 4.69) is 15.6 Å². The Kier molecular flexibility index (Phi) is 3.88. The summed E-state index contributed by atoms with van der Waals surface area (Å²) in [5.41, 5.74) is -0.177. The SMILES string of the molecule is O=C(Cn1cc(C(=O)O)nn1)NC1CCCOC1. The fourth-order valence-electron chi connectivity index (χ4n) is 1.75. The third kappa shape index (κ3) is 3.27. The number of carbonyl (C=O) groups is 2. The zero-order valence-corrected chi connectivity index (χ0v) is 9.70. The molecule has 0 bridgehead atoms. The molecule has 0 saturated carbocycles. The van der Waals surface area contributed by atoms with Crippen molar-refractivity contribution in [3.05, 3.63) is 11.9 Å². The van der Waals surface area contributed by atoms with E-state index in [0.717, 1.165) is 19.4 Å². The predicted molar refractivity (Wildman–Crippen MR) is 59.0 cm³/mol. The van der Waals surface area contributed by atoms with Crippen molar-refractivity contribution in [3.8, 4) is 0 Å². The van der Waals surface area contributed by atoms with Crippen LogP contribution in [0.2, 0.25) is 0 Å². The summed E-state index contributed by atoms with van der Waals surface area (Å²) in [6, 6.07) is 0.0220. The number of carbonyl (C=O) groups excluding carboxylic acids is 1. The lowest BCUT2D eigenvalue weighted by atomic mass is 10.1. The molecule has 0 aromatic carbocycles. The number of aromatic nitrogens is 3. The topological polar surface area (TPSA) is 106 Å². The maximum absolute atomic E-state index is 11.7. The Morgan fingerprint density at radius 3 is 3.06 bits per heavy atom. The monoisotopic (exact) mass is 254 g/mol.